The van der Waals surface area contributed by atoms with Gasteiger partial charge in [0.15, 0.2) is 0 Å². The molecule has 8 nitrogen and oxygen atoms in total. The zero-order valence-electron chi connectivity index (χ0n) is 12.7. The van der Waals surface area contributed by atoms with Crippen LogP contribution >= 0.6 is 0 Å². The van der Waals surface area contributed by atoms with E-state index in [1.54, 1.807) is 20.8 Å². The maximum absolute atomic E-state index is 12.3. The Hall–Kier alpha value is -2.00. The molecule has 0 fully saturated rings. The molecule has 0 bridgehead atoms. The van der Waals surface area contributed by atoms with Gasteiger partial charge in [0.25, 0.3) is 5.69 Å². The Balaban J connectivity index is 3.12. The summed E-state index contributed by atoms with van der Waals surface area (Å²) in [4.78, 5) is 21.6. The summed E-state index contributed by atoms with van der Waals surface area (Å²) >= 11 is 0. The van der Waals surface area contributed by atoms with Crippen molar-refractivity contribution in [2.24, 2.45) is 5.41 Å². The molecular formula is C13H18N2O6S. The standard InChI is InChI=1S/C13H18N2O6S/c1-13(2,3)11(12(16)21-4)14-22(19,20)10-7-5-9(6-8-10)15(17)18/h5-8,11,14H,1-4H3/t11-/m1/s1. The molecule has 0 aliphatic carbocycles. The molecule has 0 amide bonds. The van der Waals surface area contributed by atoms with Crippen molar-refractivity contribution < 1.29 is 22.9 Å². The minimum Gasteiger partial charge on any atom is -0.468 e. The van der Waals surface area contributed by atoms with Gasteiger partial charge in [0.05, 0.1) is 16.9 Å². The minimum atomic E-state index is -4.01. The van der Waals surface area contributed by atoms with E-state index in [0.717, 1.165) is 24.3 Å². The van der Waals surface area contributed by atoms with Crippen molar-refractivity contribution in [2.45, 2.75) is 31.7 Å². The summed E-state index contributed by atoms with van der Waals surface area (Å²) in [5.74, 6) is -0.710. The first-order valence-corrected chi connectivity index (χ1v) is 7.82. The molecule has 9 heteroatoms. The number of hydrogen-bond acceptors (Lipinski definition) is 6. The zero-order valence-corrected chi connectivity index (χ0v) is 13.5. The topological polar surface area (TPSA) is 116 Å². The molecule has 0 spiro atoms. The number of nitro groups is 1. The van der Waals surface area contributed by atoms with Crippen LogP contribution in [0.15, 0.2) is 29.2 Å². The molecule has 0 radical (unpaired) electrons. The van der Waals surface area contributed by atoms with Crippen molar-refractivity contribution >= 4 is 21.7 Å². The fraction of sp³-hybridized carbons (Fsp3) is 0.462. The van der Waals surface area contributed by atoms with Gasteiger partial charge in [-0.3, -0.25) is 14.9 Å². The Morgan fingerprint density at radius 3 is 2.14 bits per heavy atom. The van der Waals surface area contributed by atoms with Gasteiger partial charge in [0.1, 0.15) is 6.04 Å². The predicted molar refractivity (Wildman–Crippen MR) is 78.7 cm³/mol. The molecule has 122 valence electrons. The molecule has 1 aromatic carbocycles. The molecule has 1 atom stereocenters. The lowest BCUT2D eigenvalue weighted by Gasteiger charge is -2.28. The summed E-state index contributed by atoms with van der Waals surface area (Å²) in [7, 11) is -2.85. The van der Waals surface area contributed by atoms with Crippen LogP contribution in [-0.4, -0.2) is 32.5 Å². The van der Waals surface area contributed by atoms with Crippen LogP contribution in [0.25, 0.3) is 0 Å². The molecule has 0 heterocycles. The van der Waals surface area contributed by atoms with Gasteiger partial charge in [0, 0.05) is 12.1 Å². The van der Waals surface area contributed by atoms with Gasteiger partial charge in [-0.05, 0) is 17.5 Å². The second-order valence-electron chi connectivity index (χ2n) is 5.69. The molecule has 0 aromatic heterocycles. The van der Waals surface area contributed by atoms with Crippen LogP contribution in [0.4, 0.5) is 5.69 Å². The van der Waals surface area contributed by atoms with E-state index in [1.807, 2.05) is 0 Å². The largest absolute Gasteiger partial charge is 0.468 e. The average Bonchev–Trinajstić information content (AvgIpc) is 2.43. The van der Waals surface area contributed by atoms with Gasteiger partial charge in [-0.1, -0.05) is 20.8 Å². The van der Waals surface area contributed by atoms with Gasteiger partial charge in [-0.15, -0.1) is 0 Å². The van der Waals surface area contributed by atoms with Crippen molar-refractivity contribution in [3.8, 4) is 0 Å². The van der Waals surface area contributed by atoms with Gasteiger partial charge < -0.3 is 4.74 Å². The average molecular weight is 330 g/mol. The second kappa shape index (κ2) is 6.41. The SMILES string of the molecule is COC(=O)[C@@H](NS(=O)(=O)c1ccc([N+](=O)[O-])cc1)C(C)(C)C. The number of non-ortho nitro benzene ring substituents is 1. The number of carbonyl (C=O) groups excluding carboxylic acids is 1. The van der Waals surface area contributed by atoms with E-state index in [0.29, 0.717) is 0 Å². The maximum atomic E-state index is 12.3. The van der Waals surface area contributed by atoms with Crippen molar-refractivity contribution in [3.63, 3.8) is 0 Å². The number of hydrogen-bond donors (Lipinski definition) is 1. The summed E-state index contributed by atoms with van der Waals surface area (Å²) in [5, 5.41) is 10.6. The van der Waals surface area contributed by atoms with E-state index in [2.05, 4.69) is 9.46 Å². The van der Waals surface area contributed by atoms with Crippen molar-refractivity contribution in [2.75, 3.05) is 7.11 Å². The molecule has 0 aliphatic heterocycles. The third-order valence-corrected chi connectivity index (χ3v) is 4.37. The van der Waals surface area contributed by atoms with Gasteiger partial charge in [-0.25, -0.2) is 8.42 Å². The fourth-order valence-corrected chi connectivity index (χ4v) is 3.06. The second-order valence-corrected chi connectivity index (χ2v) is 7.41. The monoisotopic (exact) mass is 330 g/mol. The lowest BCUT2D eigenvalue weighted by molar-refractivity contribution is -0.384. The Bertz CT molecular complexity index is 661. The van der Waals surface area contributed by atoms with E-state index < -0.39 is 32.4 Å². The lowest BCUT2D eigenvalue weighted by Crippen LogP contribution is -2.49. The molecule has 22 heavy (non-hydrogen) atoms. The van der Waals surface area contributed by atoms with Crippen LogP contribution in [0.5, 0.6) is 0 Å². The summed E-state index contributed by atoms with van der Waals surface area (Å²) in [5.41, 5.74) is -0.930. The Morgan fingerprint density at radius 2 is 1.77 bits per heavy atom. The first-order chi connectivity index (χ1) is 9.99. The Labute approximate surface area is 128 Å². The smallest absolute Gasteiger partial charge is 0.324 e. The number of methoxy groups -OCH3 is 1. The molecular weight excluding hydrogens is 312 g/mol. The number of rotatable bonds is 5. The molecule has 1 N–H and O–H groups in total. The van der Waals surface area contributed by atoms with E-state index >= 15 is 0 Å². The number of benzene rings is 1. The van der Waals surface area contributed by atoms with Gasteiger partial charge >= 0.3 is 5.97 Å². The fourth-order valence-electron chi connectivity index (χ4n) is 1.67. The van der Waals surface area contributed by atoms with Gasteiger partial charge in [0.2, 0.25) is 10.0 Å². The van der Waals surface area contributed by atoms with Crippen LogP contribution in [-0.2, 0) is 19.6 Å². The third-order valence-electron chi connectivity index (χ3n) is 2.93. The minimum absolute atomic E-state index is 0.170. The number of nitrogens with one attached hydrogen (secondary N) is 1. The Morgan fingerprint density at radius 1 is 1.27 bits per heavy atom. The molecule has 0 saturated carbocycles. The first-order valence-electron chi connectivity index (χ1n) is 6.33. The summed E-state index contributed by atoms with van der Waals surface area (Å²) < 4.78 is 31.5. The van der Waals surface area contributed by atoms with E-state index in [9.17, 15) is 23.3 Å². The third kappa shape index (κ3) is 4.25. The van der Waals surface area contributed by atoms with Crippen molar-refractivity contribution in [1.29, 1.82) is 0 Å². The normalized spacial score (nSPS) is 13.5. The molecule has 1 aromatic rings. The highest BCUT2D eigenvalue weighted by Crippen LogP contribution is 2.23. The van der Waals surface area contributed by atoms with Crippen molar-refractivity contribution in [3.05, 3.63) is 34.4 Å². The van der Waals surface area contributed by atoms with Crippen LogP contribution in [0.1, 0.15) is 20.8 Å². The van der Waals surface area contributed by atoms with Crippen LogP contribution in [0.3, 0.4) is 0 Å². The molecule has 0 unspecified atom stereocenters. The molecule has 0 saturated heterocycles. The lowest BCUT2D eigenvalue weighted by atomic mass is 9.87. The highest BCUT2D eigenvalue weighted by Gasteiger charge is 2.36. The van der Waals surface area contributed by atoms with Crippen LogP contribution in [0, 0.1) is 15.5 Å². The van der Waals surface area contributed by atoms with Crippen LogP contribution < -0.4 is 4.72 Å². The number of nitro benzene ring substituents is 1. The van der Waals surface area contributed by atoms with E-state index in [4.69, 9.17) is 0 Å². The summed E-state index contributed by atoms with van der Waals surface area (Å²) in [6.07, 6.45) is 0. The number of carbonyl (C=O) groups is 1. The van der Waals surface area contributed by atoms with Crippen molar-refractivity contribution in [1.82, 2.24) is 4.72 Å². The summed E-state index contributed by atoms with van der Waals surface area (Å²) in [6.45, 7) is 5.06. The predicted octanol–water partition coefficient (Wildman–Crippen LogP) is 1.46. The van der Waals surface area contributed by atoms with Crippen LogP contribution in [0.2, 0.25) is 0 Å². The number of sulfonamides is 1. The number of nitrogens with zero attached hydrogens (tertiary/aromatic N) is 1. The first kappa shape index (κ1) is 18.1. The maximum Gasteiger partial charge on any atom is 0.324 e. The van der Waals surface area contributed by atoms with Gasteiger partial charge in [-0.2, -0.15) is 4.72 Å². The Kier molecular flexibility index (Phi) is 5.26. The quantitative estimate of drug-likeness (QED) is 0.496. The molecule has 1 rings (SSSR count). The highest BCUT2D eigenvalue weighted by molar-refractivity contribution is 7.89. The zero-order chi connectivity index (χ0) is 17.1. The van der Waals surface area contributed by atoms with E-state index in [1.165, 1.54) is 7.11 Å². The number of ether oxygens (including phenoxy) is 1. The summed E-state index contributed by atoms with van der Waals surface area (Å²) in [6, 6.07) is 3.30. The highest BCUT2D eigenvalue weighted by atomic mass is 32.2. The number of esters is 1. The molecule has 0 aliphatic rings. The van der Waals surface area contributed by atoms with E-state index in [-0.39, 0.29) is 10.6 Å².